The second-order valence-corrected chi connectivity index (χ2v) is 7.49. The summed E-state index contributed by atoms with van der Waals surface area (Å²) in [4.78, 5) is 28.1. The number of rotatable bonds is 7. The molecule has 0 saturated carbocycles. The van der Waals surface area contributed by atoms with Gasteiger partial charge in [0, 0.05) is 11.8 Å². The third kappa shape index (κ3) is 4.12. The number of carbonyl (C=O) groups is 2. The zero-order valence-corrected chi connectivity index (χ0v) is 17.9. The third-order valence-corrected chi connectivity index (χ3v) is 5.15. The maximum absolute atomic E-state index is 13.5. The third-order valence-electron chi connectivity index (χ3n) is 5.15. The van der Waals surface area contributed by atoms with Crippen LogP contribution < -0.4 is 15.0 Å². The topological polar surface area (TPSA) is 58.6 Å². The normalized spacial score (nSPS) is 13.7. The van der Waals surface area contributed by atoms with E-state index in [1.165, 1.54) is 24.3 Å². The number of hydrogen-bond donors (Lipinski definition) is 1. The van der Waals surface area contributed by atoms with E-state index in [2.05, 4.69) is 5.32 Å². The molecule has 6 heteroatoms. The summed E-state index contributed by atoms with van der Waals surface area (Å²) in [6.07, 6.45) is 0.871. The molecule has 5 nitrogen and oxygen atoms in total. The average molecular weight is 430 g/mol. The highest BCUT2D eigenvalue weighted by molar-refractivity contribution is 6.46. The molecule has 3 aromatic rings. The van der Waals surface area contributed by atoms with E-state index in [0.29, 0.717) is 29.3 Å². The van der Waals surface area contributed by atoms with Gasteiger partial charge in [0.2, 0.25) is 0 Å². The first-order valence-corrected chi connectivity index (χ1v) is 10.4. The zero-order valence-electron chi connectivity index (χ0n) is 17.9. The average Bonchev–Trinajstić information content (AvgIpc) is 3.03. The summed E-state index contributed by atoms with van der Waals surface area (Å²) in [5.41, 5.74) is 2.71. The van der Waals surface area contributed by atoms with E-state index in [1.807, 2.05) is 38.1 Å². The Morgan fingerprint density at radius 3 is 2.41 bits per heavy atom. The van der Waals surface area contributed by atoms with E-state index in [4.69, 9.17) is 4.74 Å². The Bertz CT molecular complexity index is 1200. The van der Waals surface area contributed by atoms with E-state index in [1.54, 1.807) is 24.3 Å². The number of aryl methyl sites for hydroxylation is 1. The number of imide groups is 1. The number of benzene rings is 3. The molecule has 2 amide bonds. The molecule has 4 rings (SSSR count). The molecule has 0 unspecified atom stereocenters. The Balaban J connectivity index is 1.78. The van der Waals surface area contributed by atoms with Crippen molar-refractivity contribution in [3.63, 3.8) is 0 Å². The lowest BCUT2D eigenvalue weighted by Crippen LogP contribution is -2.33. The number of carbonyl (C=O) groups excluding carboxylic acids is 2. The molecular formula is C26H23FN2O3. The summed E-state index contributed by atoms with van der Waals surface area (Å²) in [6.45, 7) is 4.43. The minimum Gasteiger partial charge on any atom is -0.494 e. The monoisotopic (exact) mass is 430 g/mol. The molecule has 0 spiro atoms. The number of para-hydroxylation sites is 1. The van der Waals surface area contributed by atoms with Crippen molar-refractivity contribution in [1.29, 1.82) is 0 Å². The van der Waals surface area contributed by atoms with Crippen molar-refractivity contribution in [3.8, 4) is 5.75 Å². The van der Waals surface area contributed by atoms with E-state index >= 15 is 0 Å². The summed E-state index contributed by atoms with van der Waals surface area (Å²) in [5, 5.41) is 3.11. The van der Waals surface area contributed by atoms with Gasteiger partial charge in [0.05, 0.1) is 17.9 Å². The van der Waals surface area contributed by atoms with Crippen molar-refractivity contribution in [2.24, 2.45) is 0 Å². The summed E-state index contributed by atoms with van der Waals surface area (Å²) in [6, 6.07) is 20.0. The fourth-order valence-corrected chi connectivity index (χ4v) is 3.59. The van der Waals surface area contributed by atoms with Gasteiger partial charge in [-0.3, -0.25) is 9.59 Å². The highest BCUT2D eigenvalue weighted by Crippen LogP contribution is 2.35. The summed E-state index contributed by atoms with van der Waals surface area (Å²) < 4.78 is 19.2. The second kappa shape index (κ2) is 9.06. The van der Waals surface area contributed by atoms with Gasteiger partial charge in [0.15, 0.2) is 0 Å². The maximum Gasteiger partial charge on any atom is 0.282 e. The van der Waals surface area contributed by atoms with Crippen LogP contribution in [0.5, 0.6) is 5.75 Å². The summed E-state index contributed by atoms with van der Waals surface area (Å²) >= 11 is 0. The van der Waals surface area contributed by atoms with Crippen LogP contribution in [0.4, 0.5) is 15.8 Å². The number of nitrogens with zero attached hydrogens (tertiary/aromatic N) is 1. The molecule has 1 aliphatic rings. The van der Waals surface area contributed by atoms with Crippen molar-refractivity contribution in [2.45, 2.75) is 20.3 Å². The lowest BCUT2D eigenvalue weighted by Gasteiger charge is -2.17. The lowest BCUT2D eigenvalue weighted by molar-refractivity contribution is -0.120. The summed E-state index contributed by atoms with van der Waals surface area (Å²) in [5.74, 6) is -0.689. The number of amides is 2. The van der Waals surface area contributed by atoms with Crippen LogP contribution in [-0.2, 0) is 9.59 Å². The maximum atomic E-state index is 13.5. The Morgan fingerprint density at radius 2 is 1.69 bits per heavy atom. The summed E-state index contributed by atoms with van der Waals surface area (Å²) in [7, 11) is 0. The van der Waals surface area contributed by atoms with Gasteiger partial charge in [-0.05, 0) is 54.8 Å². The Kier molecular flexibility index (Phi) is 6.03. The molecule has 0 atom stereocenters. The molecule has 0 radical (unpaired) electrons. The second-order valence-electron chi connectivity index (χ2n) is 7.49. The first kappa shape index (κ1) is 21.3. The molecule has 1 N–H and O–H groups in total. The van der Waals surface area contributed by atoms with Crippen molar-refractivity contribution < 1.29 is 18.7 Å². The lowest BCUT2D eigenvalue weighted by atomic mass is 10.0. The zero-order chi connectivity index (χ0) is 22.7. The van der Waals surface area contributed by atoms with E-state index in [-0.39, 0.29) is 11.3 Å². The smallest absolute Gasteiger partial charge is 0.282 e. The van der Waals surface area contributed by atoms with Crippen LogP contribution in [0.1, 0.15) is 24.5 Å². The van der Waals surface area contributed by atoms with Gasteiger partial charge < -0.3 is 10.1 Å². The predicted molar refractivity (Wildman–Crippen MR) is 123 cm³/mol. The van der Waals surface area contributed by atoms with Crippen LogP contribution in [0, 0.1) is 12.7 Å². The molecule has 0 aliphatic carbocycles. The Hall–Kier alpha value is -3.93. The van der Waals surface area contributed by atoms with Crippen LogP contribution in [0.25, 0.3) is 5.57 Å². The van der Waals surface area contributed by atoms with Crippen LogP contribution in [-0.4, -0.2) is 18.4 Å². The van der Waals surface area contributed by atoms with Crippen LogP contribution in [0.15, 0.2) is 78.5 Å². The van der Waals surface area contributed by atoms with E-state index in [0.717, 1.165) is 16.9 Å². The molecule has 1 heterocycles. The molecular weight excluding hydrogens is 407 g/mol. The molecule has 0 fully saturated rings. The molecule has 0 bridgehead atoms. The molecule has 0 saturated heterocycles. The molecule has 3 aromatic carbocycles. The number of halogens is 1. The number of anilines is 2. The number of nitrogens with one attached hydrogen (secondary N) is 1. The Labute approximate surface area is 186 Å². The van der Waals surface area contributed by atoms with Gasteiger partial charge in [-0.25, -0.2) is 9.29 Å². The highest BCUT2D eigenvalue weighted by atomic mass is 19.1. The quantitative estimate of drug-likeness (QED) is 0.516. The van der Waals surface area contributed by atoms with Crippen molar-refractivity contribution >= 4 is 28.8 Å². The van der Waals surface area contributed by atoms with Gasteiger partial charge in [0.1, 0.15) is 17.3 Å². The fraction of sp³-hybridized carbons (Fsp3) is 0.154. The minimum absolute atomic E-state index is 0.137. The van der Waals surface area contributed by atoms with Crippen molar-refractivity contribution in [1.82, 2.24) is 0 Å². The van der Waals surface area contributed by atoms with Gasteiger partial charge >= 0.3 is 0 Å². The predicted octanol–water partition coefficient (Wildman–Crippen LogP) is 5.32. The van der Waals surface area contributed by atoms with Crippen LogP contribution in [0.2, 0.25) is 0 Å². The molecule has 32 heavy (non-hydrogen) atoms. The first-order valence-electron chi connectivity index (χ1n) is 10.4. The molecule has 1 aliphatic heterocycles. The highest BCUT2D eigenvalue weighted by Gasteiger charge is 2.40. The van der Waals surface area contributed by atoms with Gasteiger partial charge in [-0.15, -0.1) is 0 Å². The van der Waals surface area contributed by atoms with E-state index < -0.39 is 17.6 Å². The molecule has 162 valence electrons. The fourth-order valence-electron chi connectivity index (χ4n) is 3.59. The molecule has 0 aromatic heterocycles. The van der Waals surface area contributed by atoms with E-state index in [9.17, 15) is 14.0 Å². The Morgan fingerprint density at radius 1 is 0.938 bits per heavy atom. The number of ether oxygens (including phenoxy) is 1. The van der Waals surface area contributed by atoms with Gasteiger partial charge in [-0.1, -0.05) is 43.3 Å². The standard InChI is InChI=1S/C26H23FN2O3/c1-3-15-32-21-9-6-8-20(16-21)28-24-23(18-11-13-19(27)14-12-18)25(30)29(26(24)31)22-10-5-4-7-17(22)2/h4-14,16,28H,3,15H2,1-2H3. The van der Waals surface area contributed by atoms with Gasteiger partial charge in [-0.2, -0.15) is 0 Å². The van der Waals surface area contributed by atoms with Crippen molar-refractivity contribution in [3.05, 3.63) is 95.4 Å². The van der Waals surface area contributed by atoms with Gasteiger partial charge in [0.25, 0.3) is 11.8 Å². The largest absolute Gasteiger partial charge is 0.494 e. The first-order chi connectivity index (χ1) is 15.5. The van der Waals surface area contributed by atoms with Crippen LogP contribution in [0.3, 0.4) is 0 Å². The van der Waals surface area contributed by atoms with Crippen LogP contribution >= 0.6 is 0 Å². The number of hydrogen-bond acceptors (Lipinski definition) is 4. The minimum atomic E-state index is -0.469. The SMILES string of the molecule is CCCOc1cccc(NC2=C(c3ccc(F)cc3)C(=O)N(c3ccccc3C)C2=O)c1. The van der Waals surface area contributed by atoms with Crippen molar-refractivity contribution in [2.75, 3.05) is 16.8 Å².